The van der Waals surface area contributed by atoms with Gasteiger partial charge in [-0.1, -0.05) is 20.8 Å². The van der Waals surface area contributed by atoms with Crippen molar-refractivity contribution >= 4 is 0 Å². The van der Waals surface area contributed by atoms with Gasteiger partial charge in [-0.05, 0) is 12.8 Å². The van der Waals surface area contributed by atoms with Gasteiger partial charge in [-0.2, -0.15) is 0 Å². The van der Waals surface area contributed by atoms with Gasteiger partial charge in [0.25, 0.3) is 0 Å². The van der Waals surface area contributed by atoms with E-state index in [1.807, 2.05) is 0 Å². The van der Waals surface area contributed by atoms with Crippen LogP contribution in [0, 0.1) is 0 Å². The minimum Gasteiger partial charge on any atom is -0.423 e. The van der Waals surface area contributed by atoms with Crippen molar-refractivity contribution < 1.29 is 4.42 Å². The monoisotopic (exact) mass is 195 g/mol. The lowest BCUT2D eigenvalue weighted by molar-refractivity contribution is 0.364. The van der Waals surface area contributed by atoms with Gasteiger partial charge in [0.1, 0.15) is 0 Å². The van der Waals surface area contributed by atoms with Crippen LogP contribution in [0.1, 0.15) is 45.4 Å². The van der Waals surface area contributed by atoms with Crippen LogP contribution in [0.4, 0.5) is 0 Å². The predicted molar refractivity (Wildman–Crippen MR) is 52.9 cm³/mol. The van der Waals surface area contributed by atoms with Crippen molar-refractivity contribution in [3.05, 3.63) is 11.8 Å². The summed E-state index contributed by atoms with van der Waals surface area (Å²) in [6.45, 7) is 6.91. The molecular weight excluding hydrogens is 178 g/mol. The van der Waals surface area contributed by atoms with E-state index in [0.717, 1.165) is 0 Å². The largest absolute Gasteiger partial charge is 0.423 e. The second-order valence-electron chi connectivity index (χ2n) is 4.91. The Bertz CT molecular complexity index is 309. The molecule has 0 aliphatic heterocycles. The Labute approximate surface area is 84.1 Å². The van der Waals surface area contributed by atoms with Gasteiger partial charge >= 0.3 is 0 Å². The fourth-order valence-corrected chi connectivity index (χ4v) is 1.15. The van der Waals surface area contributed by atoms with E-state index < -0.39 is 0 Å². The zero-order valence-corrected chi connectivity index (χ0v) is 9.00. The average molecular weight is 195 g/mol. The molecule has 0 bridgehead atoms. The quantitative estimate of drug-likeness (QED) is 0.796. The van der Waals surface area contributed by atoms with Crippen LogP contribution >= 0.6 is 0 Å². The molecule has 4 heteroatoms. The summed E-state index contributed by atoms with van der Waals surface area (Å²) in [6.07, 6.45) is 2.56. The molecule has 14 heavy (non-hydrogen) atoms. The first-order chi connectivity index (χ1) is 6.55. The molecule has 1 aromatic heterocycles. The molecule has 78 valence electrons. The third-order valence-electron chi connectivity index (χ3n) is 2.23. The van der Waals surface area contributed by atoms with E-state index >= 15 is 0 Å². The fraction of sp³-hybridized carbons (Fsp3) is 0.800. The Morgan fingerprint density at radius 1 is 1.36 bits per heavy atom. The lowest BCUT2D eigenvalue weighted by atomic mass is 9.97. The summed E-state index contributed by atoms with van der Waals surface area (Å²) >= 11 is 0. The predicted octanol–water partition coefficient (Wildman–Crippen LogP) is 1.62. The molecule has 1 aliphatic rings. The maximum absolute atomic E-state index is 5.54. The number of hydrogen-bond donors (Lipinski definition) is 1. The summed E-state index contributed by atoms with van der Waals surface area (Å²) in [6, 6.07) is 0.681. The third kappa shape index (κ3) is 2.32. The molecule has 0 amide bonds. The molecule has 1 heterocycles. The Morgan fingerprint density at radius 2 is 2.07 bits per heavy atom. The molecule has 0 unspecified atom stereocenters. The van der Waals surface area contributed by atoms with Crippen molar-refractivity contribution in [3.8, 4) is 0 Å². The maximum Gasteiger partial charge on any atom is 0.230 e. The van der Waals surface area contributed by atoms with Gasteiger partial charge in [-0.15, -0.1) is 10.2 Å². The zero-order valence-electron chi connectivity index (χ0n) is 9.00. The second-order valence-corrected chi connectivity index (χ2v) is 4.91. The topological polar surface area (TPSA) is 51.0 Å². The number of nitrogens with zero attached hydrogens (tertiary/aromatic N) is 2. The van der Waals surface area contributed by atoms with E-state index in [2.05, 4.69) is 36.3 Å². The Morgan fingerprint density at radius 3 is 2.57 bits per heavy atom. The molecule has 2 rings (SSSR count). The van der Waals surface area contributed by atoms with Gasteiger partial charge in [0.2, 0.25) is 11.8 Å². The molecule has 0 spiro atoms. The van der Waals surface area contributed by atoms with Crippen molar-refractivity contribution in [2.24, 2.45) is 0 Å². The van der Waals surface area contributed by atoms with Crippen LogP contribution in [-0.4, -0.2) is 16.2 Å². The molecule has 1 saturated carbocycles. The third-order valence-corrected chi connectivity index (χ3v) is 2.23. The number of rotatable bonds is 3. The van der Waals surface area contributed by atoms with Gasteiger partial charge in [-0.3, -0.25) is 0 Å². The first kappa shape index (κ1) is 9.65. The summed E-state index contributed by atoms with van der Waals surface area (Å²) in [5.41, 5.74) is -0.0508. The summed E-state index contributed by atoms with van der Waals surface area (Å²) in [5, 5.41) is 11.4. The molecular formula is C10H17N3O. The zero-order chi connectivity index (χ0) is 10.2. The number of hydrogen-bond acceptors (Lipinski definition) is 4. The molecule has 4 nitrogen and oxygen atoms in total. The lowest BCUT2D eigenvalue weighted by Gasteiger charge is -2.10. The van der Waals surface area contributed by atoms with Crippen LogP contribution in [0.2, 0.25) is 0 Å². The fourth-order valence-electron chi connectivity index (χ4n) is 1.15. The Hall–Kier alpha value is -0.900. The van der Waals surface area contributed by atoms with Gasteiger partial charge in [0, 0.05) is 11.5 Å². The lowest BCUT2D eigenvalue weighted by Crippen LogP contribution is -2.15. The highest BCUT2D eigenvalue weighted by Gasteiger charge is 2.23. The molecule has 0 saturated heterocycles. The van der Waals surface area contributed by atoms with Crippen LogP contribution in [0.25, 0.3) is 0 Å². The first-order valence-corrected chi connectivity index (χ1v) is 5.12. The second kappa shape index (κ2) is 3.35. The minimum atomic E-state index is -0.0508. The standard InChI is InChI=1S/C10H17N3O/c1-10(2,3)9-13-12-8(14-9)6-11-7-4-5-7/h7,11H,4-6H2,1-3H3. The van der Waals surface area contributed by atoms with Gasteiger partial charge in [0.05, 0.1) is 6.54 Å². The molecule has 0 atom stereocenters. The molecule has 1 aliphatic carbocycles. The van der Waals surface area contributed by atoms with Crippen LogP contribution < -0.4 is 5.32 Å². The van der Waals surface area contributed by atoms with Crippen LogP contribution in [0.3, 0.4) is 0 Å². The van der Waals surface area contributed by atoms with Crippen molar-refractivity contribution in [2.75, 3.05) is 0 Å². The highest BCUT2D eigenvalue weighted by molar-refractivity contribution is 4.96. The van der Waals surface area contributed by atoms with Crippen molar-refractivity contribution in [1.29, 1.82) is 0 Å². The summed E-state index contributed by atoms with van der Waals surface area (Å²) in [4.78, 5) is 0. The van der Waals surface area contributed by atoms with Crippen LogP contribution in [-0.2, 0) is 12.0 Å². The van der Waals surface area contributed by atoms with E-state index in [4.69, 9.17) is 4.42 Å². The van der Waals surface area contributed by atoms with E-state index in [0.29, 0.717) is 24.4 Å². The molecule has 0 aromatic carbocycles. The summed E-state index contributed by atoms with van der Waals surface area (Å²) < 4.78 is 5.54. The SMILES string of the molecule is CC(C)(C)c1nnc(CNC2CC2)o1. The summed E-state index contributed by atoms with van der Waals surface area (Å²) in [7, 11) is 0. The first-order valence-electron chi connectivity index (χ1n) is 5.12. The van der Waals surface area contributed by atoms with E-state index in [1.54, 1.807) is 0 Å². The average Bonchev–Trinajstić information content (AvgIpc) is 2.77. The maximum atomic E-state index is 5.54. The van der Waals surface area contributed by atoms with Gasteiger partial charge in [-0.25, -0.2) is 0 Å². The number of aromatic nitrogens is 2. The normalized spacial score (nSPS) is 17.4. The minimum absolute atomic E-state index is 0.0508. The van der Waals surface area contributed by atoms with Crippen LogP contribution in [0.5, 0.6) is 0 Å². The smallest absolute Gasteiger partial charge is 0.230 e. The molecule has 1 fully saturated rings. The van der Waals surface area contributed by atoms with Crippen molar-refractivity contribution in [1.82, 2.24) is 15.5 Å². The van der Waals surface area contributed by atoms with Crippen LogP contribution in [0.15, 0.2) is 4.42 Å². The Balaban J connectivity index is 1.94. The number of nitrogens with one attached hydrogen (secondary N) is 1. The van der Waals surface area contributed by atoms with E-state index in [-0.39, 0.29) is 5.41 Å². The van der Waals surface area contributed by atoms with Crippen molar-refractivity contribution in [3.63, 3.8) is 0 Å². The molecule has 1 aromatic rings. The molecule has 0 radical (unpaired) electrons. The van der Waals surface area contributed by atoms with E-state index in [1.165, 1.54) is 12.8 Å². The van der Waals surface area contributed by atoms with Crippen molar-refractivity contribution in [2.45, 2.75) is 51.6 Å². The highest BCUT2D eigenvalue weighted by Crippen LogP contribution is 2.21. The van der Waals surface area contributed by atoms with Gasteiger partial charge in [0.15, 0.2) is 0 Å². The van der Waals surface area contributed by atoms with E-state index in [9.17, 15) is 0 Å². The molecule has 1 N–H and O–H groups in total. The summed E-state index contributed by atoms with van der Waals surface area (Å²) in [5.74, 6) is 1.41. The Kier molecular flexibility index (Phi) is 2.31. The highest BCUT2D eigenvalue weighted by atomic mass is 16.4. The van der Waals surface area contributed by atoms with Gasteiger partial charge < -0.3 is 9.73 Å².